The number of hydrogen-bond donors (Lipinski definition) is 2. The Hall–Kier alpha value is -3.15. The first kappa shape index (κ1) is 23.0. The summed E-state index contributed by atoms with van der Waals surface area (Å²) in [6, 6.07) is 13.3. The van der Waals surface area contributed by atoms with Crippen molar-refractivity contribution in [3.63, 3.8) is 0 Å². The zero-order valence-electron chi connectivity index (χ0n) is 19.6. The molecule has 6 heteroatoms. The number of amides is 2. The Morgan fingerprint density at radius 2 is 1.70 bits per heavy atom. The number of nitrogen functional groups attached to an aromatic ring is 1. The van der Waals surface area contributed by atoms with Crippen molar-refractivity contribution in [2.45, 2.75) is 46.0 Å². The fraction of sp³-hybridized carbons (Fsp3) is 0.444. The van der Waals surface area contributed by atoms with E-state index in [1.54, 1.807) is 0 Å². The highest BCUT2D eigenvalue weighted by Gasteiger charge is 2.28. The molecule has 1 fully saturated rings. The molecule has 0 bridgehead atoms. The largest absolute Gasteiger partial charge is 0.384 e. The van der Waals surface area contributed by atoms with Crippen molar-refractivity contribution in [1.82, 2.24) is 4.90 Å². The maximum Gasteiger partial charge on any atom is 0.253 e. The number of anilines is 1. The van der Waals surface area contributed by atoms with Crippen molar-refractivity contribution in [2.75, 3.05) is 24.5 Å². The highest BCUT2D eigenvalue weighted by atomic mass is 16.2. The van der Waals surface area contributed by atoms with Gasteiger partial charge in [-0.3, -0.25) is 15.0 Å². The molecule has 4 rings (SSSR count). The summed E-state index contributed by atoms with van der Waals surface area (Å²) < 4.78 is 0. The van der Waals surface area contributed by atoms with Crippen molar-refractivity contribution in [2.24, 2.45) is 17.6 Å². The molecule has 2 aromatic rings. The summed E-state index contributed by atoms with van der Waals surface area (Å²) in [6.45, 7) is 6.77. The van der Waals surface area contributed by atoms with Gasteiger partial charge in [-0.2, -0.15) is 0 Å². The number of amidine groups is 1. The number of nitrogens with one attached hydrogen (secondary N) is 1. The number of carbonyl (C=O) groups is 2. The molecule has 2 unspecified atom stereocenters. The summed E-state index contributed by atoms with van der Waals surface area (Å²) in [5.41, 5.74) is 10.0. The summed E-state index contributed by atoms with van der Waals surface area (Å²) in [6.07, 6.45) is 4.03. The smallest absolute Gasteiger partial charge is 0.253 e. The maximum atomic E-state index is 13.1. The van der Waals surface area contributed by atoms with Crippen LogP contribution in [0.2, 0.25) is 0 Å². The summed E-state index contributed by atoms with van der Waals surface area (Å²) in [5, 5.41) is 7.49. The van der Waals surface area contributed by atoms with Crippen LogP contribution in [0.3, 0.4) is 0 Å². The second kappa shape index (κ2) is 9.77. The van der Waals surface area contributed by atoms with Crippen LogP contribution in [0.15, 0.2) is 42.5 Å². The number of benzene rings is 2. The number of hydrogen-bond acceptors (Lipinski definition) is 3. The molecule has 0 aromatic heterocycles. The van der Waals surface area contributed by atoms with Gasteiger partial charge in [0.2, 0.25) is 5.91 Å². The van der Waals surface area contributed by atoms with Crippen molar-refractivity contribution in [3.8, 4) is 0 Å². The Balaban J connectivity index is 1.43. The lowest BCUT2D eigenvalue weighted by Crippen LogP contribution is -2.42. The second-order valence-corrected chi connectivity index (χ2v) is 9.76. The lowest BCUT2D eigenvalue weighted by molar-refractivity contribution is -0.118. The van der Waals surface area contributed by atoms with Crippen LogP contribution in [-0.4, -0.2) is 42.2 Å². The predicted molar refractivity (Wildman–Crippen MR) is 132 cm³/mol. The third-order valence-electron chi connectivity index (χ3n) is 6.79. The average molecular weight is 447 g/mol. The molecule has 2 heterocycles. The van der Waals surface area contributed by atoms with Gasteiger partial charge in [-0.15, -0.1) is 0 Å². The minimum atomic E-state index is 0.0460. The SMILES string of the molecule is CC1CC(C)CN(C(=O)c2ccc3c(c2)CCCN3C(=O)CCc2ccc(C(=N)N)cc2)C1. The van der Waals surface area contributed by atoms with E-state index in [1.165, 1.54) is 6.42 Å². The van der Waals surface area contributed by atoms with E-state index in [1.807, 2.05) is 52.3 Å². The van der Waals surface area contributed by atoms with Crippen LogP contribution in [-0.2, 0) is 17.6 Å². The molecule has 0 saturated carbocycles. The summed E-state index contributed by atoms with van der Waals surface area (Å²) in [4.78, 5) is 30.1. The van der Waals surface area contributed by atoms with Crippen molar-refractivity contribution < 1.29 is 9.59 Å². The topological polar surface area (TPSA) is 90.5 Å². The van der Waals surface area contributed by atoms with Crippen LogP contribution in [0.1, 0.15) is 60.2 Å². The normalized spacial score (nSPS) is 20.3. The van der Waals surface area contributed by atoms with Gasteiger partial charge in [-0.05, 0) is 66.8 Å². The maximum absolute atomic E-state index is 13.1. The molecule has 2 atom stereocenters. The van der Waals surface area contributed by atoms with E-state index in [9.17, 15) is 9.59 Å². The molecule has 2 aliphatic heterocycles. The quantitative estimate of drug-likeness (QED) is 0.537. The van der Waals surface area contributed by atoms with Gasteiger partial charge in [0.05, 0.1) is 0 Å². The number of nitrogens with two attached hydrogens (primary N) is 1. The minimum absolute atomic E-state index is 0.0460. The van der Waals surface area contributed by atoms with Crippen LogP contribution in [0.25, 0.3) is 0 Å². The van der Waals surface area contributed by atoms with Gasteiger partial charge in [0.15, 0.2) is 0 Å². The standard InChI is InChI=1S/C27H34N4O2/c1-18-14-19(2)17-30(16-18)27(33)23-10-11-24-22(15-23)4-3-13-31(24)25(32)12-7-20-5-8-21(9-6-20)26(28)29/h5-6,8-11,15,18-19H,3-4,7,12-14,16-17H2,1-2H3,(H3,28,29). The molecule has 0 spiro atoms. The number of nitrogens with zero attached hydrogens (tertiary/aromatic N) is 2. The molecule has 6 nitrogen and oxygen atoms in total. The molecular formula is C27H34N4O2. The van der Waals surface area contributed by atoms with Gasteiger partial charge in [0.25, 0.3) is 5.91 Å². The predicted octanol–water partition coefficient (Wildman–Crippen LogP) is 4.00. The zero-order valence-corrected chi connectivity index (χ0v) is 19.6. The van der Waals surface area contributed by atoms with Crippen LogP contribution < -0.4 is 10.6 Å². The monoisotopic (exact) mass is 446 g/mol. The third-order valence-corrected chi connectivity index (χ3v) is 6.79. The Morgan fingerprint density at radius 1 is 1.03 bits per heavy atom. The molecule has 174 valence electrons. The number of piperidine rings is 1. The van der Waals surface area contributed by atoms with E-state index in [0.717, 1.165) is 48.3 Å². The molecule has 0 aliphatic carbocycles. The summed E-state index contributed by atoms with van der Waals surface area (Å²) in [5.74, 6) is 1.31. The number of fused-ring (bicyclic) bond motifs is 1. The first-order valence-electron chi connectivity index (χ1n) is 12.0. The van der Waals surface area contributed by atoms with Crippen LogP contribution >= 0.6 is 0 Å². The molecule has 2 amide bonds. The Kier molecular flexibility index (Phi) is 6.82. The van der Waals surface area contributed by atoms with Crippen molar-refractivity contribution in [1.29, 1.82) is 5.41 Å². The van der Waals surface area contributed by atoms with E-state index in [-0.39, 0.29) is 17.6 Å². The van der Waals surface area contributed by atoms with E-state index in [4.69, 9.17) is 11.1 Å². The molecule has 3 N–H and O–H groups in total. The lowest BCUT2D eigenvalue weighted by atomic mass is 9.91. The third kappa shape index (κ3) is 5.27. The zero-order chi connectivity index (χ0) is 23.5. The van der Waals surface area contributed by atoms with Crippen LogP contribution in [0.4, 0.5) is 5.69 Å². The Labute approximate surface area is 196 Å². The highest BCUT2D eigenvalue weighted by Crippen LogP contribution is 2.30. The van der Waals surface area contributed by atoms with E-state index in [0.29, 0.717) is 36.8 Å². The first-order valence-corrected chi connectivity index (χ1v) is 12.0. The van der Waals surface area contributed by atoms with Crippen LogP contribution in [0, 0.1) is 17.2 Å². The van der Waals surface area contributed by atoms with E-state index in [2.05, 4.69) is 13.8 Å². The molecular weight excluding hydrogens is 412 g/mol. The molecule has 0 radical (unpaired) electrons. The van der Waals surface area contributed by atoms with Gasteiger partial charge in [0, 0.05) is 42.9 Å². The molecule has 33 heavy (non-hydrogen) atoms. The van der Waals surface area contributed by atoms with Gasteiger partial charge < -0.3 is 15.5 Å². The first-order chi connectivity index (χ1) is 15.8. The van der Waals surface area contributed by atoms with Crippen LogP contribution in [0.5, 0.6) is 0 Å². The van der Waals surface area contributed by atoms with Crippen molar-refractivity contribution in [3.05, 3.63) is 64.7 Å². The van der Waals surface area contributed by atoms with Gasteiger partial charge >= 0.3 is 0 Å². The fourth-order valence-corrected chi connectivity index (χ4v) is 5.24. The van der Waals surface area contributed by atoms with Gasteiger partial charge in [0.1, 0.15) is 5.84 Å². The molecule has 1 saturated heterocycles. The fourth-order valence-electron chi connectivity index (χ4n) is 5.24. The summed E-state index contributed by atoms with van der Waals surface area (Å²) in [7, 11) is 0. The van der Waals surface area contributed by atoms with E-state index < -0.39 is 0 Å². The lowest BCUT2D eigenvalue weighted by Gasteiger charge is -2.35. The summed E-state index contributed by atoms with van der Waals surface area (Å²) >= 11 is 0. The average Bonchev–Trinajstić information content (AvgIpc) is 2.81. The van der Waals surface area contributed by atoms with Gasteiger partial charge in [-0.25, -0.2) is 0 Å². The minimum Gasteiger partial charge on any atom is -0.384 e. The highest BCUT2D eigenvalue weighted by molar-refractivity contribution is 5.98. The second-order valence-electron chi connectivity index (χ2n) is 9.76. The van der Waals surface area contributed by atoms with Crippen molar-refractivity contribution >= 4 is 23.3 Å². The van der Waals surface area contributed by atoms with E-state index >= 15 is 0 Å². The number of carbonyl (C=O) groups excluding carboxylic acids is 2. The Bertz CT molecular complexity index is 1040. The number of likely N-dealkylation sites (tertiary alicyclic amines) is 1. The number of rotatable bonds is 5. The molecule has 2 aliphatic rings. The molecule has 2 aromatic carbocycles. The number of aryl methyl sites for hydroxylation is 2. The van der Waals surface area contributed by atoms with Gasteiger partial charge in [-0.1, -0.05) is 38.1 Å². The Morgan fingerprint density at radius 3 is 2.36 bits per heavy atom.